The molecule has 0 atom stereocenters. The molecule has 96 valence electrons. The molecule has 0 saturated carbocycles. The first kappa shape index (κ1) is 12.8. The summed E-state index contributed by atoms with van der Waals surface area (Å²) < 4.78 is 8.20. The third kappa shape index (κ3) is 2.44. The van der Waals surface area contributed by atoms with Gasteiger partial charge in [-0.05, 0) is 0 Å². The summed E-state index contributed by atoms with van der Waals surface area (Å²) in [6.45, 7) is 0.928. The fourth-order valence-electron chi connectivity index (χ4n) is 1.59. The average molecular weight is 269 g/mol. The number of rotatable bonds is 5. The van der Waals surface area contributed by atoms with Crippen molar-refractivity contribution in [3.63, 3.8) is 0 Å². The zero-order valence-corrected chi connectivity index (χ0v) is 10.9. The number of carbonyl (C=O) groups excluding carboxylic acids is 1. The minimum Gasteiger partial charge on any atom is -0.383 e. The zero-order chi connectivity index (χ0) is 13.1. The van der Waals surface area contributed by atoms with Crippen LogP contribution in [0.3, 0.4) is 0 Å². The number of hydrogen-bond acceptors (Lipinski definition) is 4. The van der Waals surface area contributed by atoms with Crippen molar-refractivity contribution in [1.29, 1.82) is 0 Å². The van der Waals surface area contributed by atoms with E-state index in [0.29, 0.717) is 29.6 Å². The summed E-state index contributed by atoms with van der Waals surface area (Å²) in [4.78, 5) is 16.3. The zero-order valence-electron chi connectivity index (χ0n) is 10.1. The average Bonchev–Trinajstić information content (AvgIpc) is 2.92. The Balaban J connectivity index is 2.32. The Labute approximate surface area is 109 Å². The van der Waals surface area contributed by atoms with E-state index in [-0.39, 0.29) is 5.78 Å². The lowest BCUT2D eigenvalue weighted by Gasteiger charge is -2.05. The first-order valence-corrected chi connectivity index (χ1v) is 5.74. The van der Waals surface area contributed by atoms with Gasteiger partial charge in [0.2, 0.25) is 5.78 Å². The first-order valence-electron chi connectivity index (χ1n) is 5.36. The molecule has 0 N–H and O–H groups in total. The summed E-state index contributed by atoms with van der Waals surface area (Å²) in [5, 5.41) is 4.38. The molecular formula is C11H13ClN4O2. The molecule has 0 aliphatic carbocycles. The molecule has 0 amide bonds. The fraction of sp³-hybridized carbons (Fsp3) is 0.364. The van der Waals surface area contributed by atoms with Crippen LogP contribution in [0.1, 0.15) is 16.2 Å². The molecule has 6 nitrogen and oxygen atoms in total. The SMILES string of the molecule is COCCn1ncc(Cl)c1C(=O)c1cn(C)cn1. The molecule has 7 heteroatoms. The molecule has 0 aromatic carbocycles. The van der Waals surface area contributed by atoms with Crippen molar-refractivity contribution in [3.8, 4) is 0 Å². The van der Waals surface area contributed by atoms with E-state index in [4.69, 9.17) is 16.3 Å². The Kier molecular flexibility index (Phi) is 3.78. The van der Waals surface area contributed by atoms with Crippen LogP contribution in [0.5, 0.6) is 0 Å². The molecular weight excluding hydrogens is 256 g/mol. The summed E-state index contributed by atoms with van der Waals surface area (Å²) in [6.07, 6.45) is 4.66. The van der Waals surface area contributed by atoms with Crippen LogP contribution in [-0.2, 0) is 18.3 Å². The first-order chi connectivity index (χ1) is 8.63. The van der Waals surface area contributed by atoms with Crippen LogP contribution in [0, 0.1) is 0 Å². The van der Waals surface area contributed by atoms with Crippen molar-refractivity contribution in [2.45, 2.75) is 6.54 Å². The Morgan fingerprint density at radius 2 is 2.33 bits per heavy atom. The predicted octanol–water partition coefficient (Wildman–Crippen LogP) is 1.15. The number of aryl methyl sites for hydroxylation is 1. The molecule has 0 bridgehead atoms. The standard InChI is InChI=1S/C11H13ClN4O2/c1-15-6-9(13-7-15)11(17)10-8(12)5-14-16(10)3-4-18-2/h5-7H,3-4H2,1-2H3. The van der Waals surface area contributed by atoms with Gasteiger partial charge < -0.3 is 9.30 Å². The van der Waals surface area contributed by atoms with Crippen LogP contribution >= 0.6 is 11.6 Å². The minimum atomic E-state index is -0.241. The number of hydrogen-bond donors (Lipinski definition) is 0. The van der Waals surface area contributed by atoms with Crippen molar-refractivity contribution in [3.05, 3.63) is 35.1 Å². The Hall–Kier alpha value is -1.66. The Morgan fingerprint density at radius 3 is 2.94 bits per heavy atom. The highest BCUT2D eigenvalue weighted by Gasteiger charge is 2.20. The van der Waals surface area contributed by atoms with Crippen molar-refractivity contribution < 1.29 is 9.53 Å². The maximum absolute atomic E-state index is 12.3. The summed E-state index contributed by atoms with van der Waals surface area (Å²) >= 11 is 6.00. The van der Waals surface area contributed by atoms with Crippen molar-refractivity contribution in [2.24, 2.45) is 7.05 Å². The quantitative estimate of drug-likeness (QED) is 0.763. The van der Waals surface area contributed by atoms with E-state index in [0.717, 1.165) is 0 Å². The van der Waals surface area contributed by atoms with E-state index in [1.807, 2.05) is 0 Å². The van der Waals surface area contributed by atoms with Gasteiger partial charge in [0.05, 0.1) is 30.7 Å². The highest BCUT2D eigenvalue weighted by Crippen LogP contribution is 2.18. The van der Waals surface area contributed by atoms with Gasteiger partial charge in [-0.25, -0.2) is 4.98 Å². The topological polar surface area (TPSA) is 61.9 Å². The number of methoxy groups -OCH3 is 1. The fourth-order valence-corrected chi connectivity index (χ4v) is 1.81. The second-order valence-corrected chi connectivity index (χ2v) is 4.22. The molecule has 0 radical (unpaired) electrons. The highest BCUT2D eigenvalue weighted by atomic mass is 35.5. The Bertz CT molecular complexity index is 561. The van der Waals surface area contributed by atoms with E-state index >= 15 is 0 Å². The third-order valence-electron chi connectivity index (χ3n) is 2.45. The number of ketones is 1. The summed E-state index contributed by atoms with van der Waals surface area (Å²) in [6, 6.07) is 0. The maximum Gasteiger partial charge on any atom is 0.232 e. The lowest BCUT2D eigenvalue weighted by Crippen LogP contribution is -2.15. The molecule has 0 spiro atoms. The van der Waals surface area contributed by atoms with Gasteiger partial charge in [-0.15, -0.1) is 0 Å². The van der Waals surface area contributed by atoms with Crippen molar-refractivity contribution in [2.75, 3.05) is 13.7 Å². The maximum atomic E-state index is 12.3. The van der Waals surface area contributed by atoms with Crippen LogP contribution in [0.15, 0.2) is 18.7 Å². The van der Waals surface area contributed by atoms with Crippen molar-refractivity contribution in [1.82, 2.24) is 19.3 Å². The summed E-state index contributed by atoms with van der Waals surface area (Å²) in [7, 11) is 3.39. The molecule has 2 aromatic heterocycles. The molecule has 0 aliphatic heterocycles. The van der Waals surface area contributed by atoms with E-state index in [9.17, 15) is 4.79 Å². The van der Waals surface area contributed by atoms with Gasteiger partial charge in [-0.1, -0.05) is 11.6 Å². The van der Waals surface area contributed by atoms with Gasteiger partial charge in [0.25, 0.3) is 0 Å². The van der Waals surface area contributed by atoms with Gasteiger partial charge in [-0.2, -0.15) is 5.10 Å². The molecule has 0 unspecified atom stereocenters. The number of imidazole rings is 1. The molecule has 0 saturated heterocycles. The molecule has 2 heterocycles. The van der Waals surface area contributed by atoms with E-state index in [1.165, 1.54) is 10.9 Å². The molecule has 0 fully saturated rings. The summed E-state index contributed by atoms with van der Waals surface area (Å²) in [5.41, 5.74) is 0.686. The monoisotopic (exact) mass is 268 g/mol. The van der Waals surface area contributed by atoms with Crippen LogP contribution in [0.2, 0.25) is 5.02 Å². The van der Waals surface area contributed by atoms with Gasteiger partial charge >= 0.3 is 0 Å². The van der Waals surface area contributed by atoms with Crippen molar-refractivity contribution >= 4 is 17.4 Å². The largest absolute Gasteiger partial charge is 0.383 e. The van der Waals surface area contributed by atoms with Crippen LogP contribution < -0.4 is 0 Å². The van der Waals surface area contributed by atoms with E-state index in [1.54, 1.807) is 31.2 Å². The minimum absolute atomic E-state index is 0.241. The number of carbonyl (C=O) groups is 1. The molecule has 18 heavy (non-hydrogen) atoms. The van der Waals surface area contributed by atoms with Gasteiger partial charge in [-0.3, -0.25) is 9.48 Å². The predicted molar refractivity (Wildman–Crippen MR) is 65.8 cm³/mol. The lowest BCUT2D eigenvalue weighted by molar-refractivity contribution is 0.102. The molecule has 2 rings (SSSR count). The number of nitrogens with zero attached hydrogens (tertiary/aromatic N) is 4. The van der Waals surface area contributed by atoms with Crippen LogP contribution in [-0.4, -0.2) is 38.8 Å². The second kappa shape index (κ2) is 5.32. The van der Waals surface area contributed by atoms with E-state index in [2.05, 4.69) is 10.1 Å². The highest BCUT2D eigenvalue weighted by molar-refractivity contribution is 6.34. The number of ether oxygens (including phenoxy) is 1. The van der Waals surface area contributed by atoms with Crippen LogP contribution in [0.25, 0.3) is 0 Å². The van der Waals surface area contributed by atoms with Gasteiger partial charge in [0.1, 0.15) is 11.4 Å². The molecule has 2 aromatic rings. The third-order valence-corrected chi connectivity index (χ3v) is 2.73. The Morgan fingerprint density at radius 1 is 1.56 bits per heavy atom. The molecule has 0 aliphatic rings. The normalized spacial score (nSPS) is 10.8. The smallest absolute Gasteiger partial charge is 0.232 e. The number of halogens is 1. The lowest BCUT2D eigenvalue weighted by atomic mass is 10.2. The van der Waals surface area contributed by atoms with Gasteiger partial charge in [0, 0.05) is 20.4 Å². The number of aromatic nitrogens is 4. The van der Waals surface area contributed by atoms with Gasteiger partial charge in [0.15, 0.2) is 0 Å². The van der Waals surface area contributed by atoms with E-state index < -0.39 is 0 Å². The second-order valence-electron chi connectivity index (χ2n) is 3.81. The summed E-state index contributed by atoms with van der Waals surface area (Å²) in [5.74, 6) is -0.241. The van der Waals surface area contributed by atoms with Crippen LogP contribution in [0.4, 0.5) is 0 Å².